The minimum atomic E-state index is -0.498. The first-order valence-corrected chi connectivity index (χ1v) is 17.0. The van der Waals surface area contributed by atoms with Crippen molar-refractivity contribution in [1.82, 2.24) is 31.5 Å². The fourth-order valence-corrected chi connectivity index (χ4v) is 5.47. The predicted molar refractivity (Wildman–Crippen MR) is 200 cm³/mol. The minimum absolute atomic E-state index is 0.0783. The number of nitrogens with two attached hydrogens (primary N) is 1. The van der Waals surface area contributed by atoms with Crippen LogP contribution in [0.5, 0.6) is 0 Å². The molecule has 0 aliphatic carbocycles. The number of benzene rings is 3. The van der Waals surface area contributed by atoms with Gasteiger partial charge in [-0.25, -0.2) is 0 Å². The van der Waals surface area contributed by atoms with Crippen LogP contribution in [-0.4, -0.2) is 55.8 Å². The second-order valence-corrected chi connectivity index (χ2v) is 12.0. The number of hydrogen-bond donors (Lipinski definition) is 6. The summed E-state index contributed by atoms with van der Waals surface area (Å²) in [6.45, 7) is 16.4. The fourth-order valence-electron chi connectivity index (χ4n) is 5.47. The lowest BCUT2D eigenvalue weighted by atomic mass is 10.0. The van der Waals surface area contributed by atoms with Crippen LogP contribution in [0, 0.1) is 6.92 Å². The molecule has 0 saturated carbocycles. The number of nitrogens with one attached hydrogen (secondary N) is 5. The Bertz CT molecular complexity index is 1480. The number of hydrogen-bond acceptors (Lipinski definition) is 7. The highest BCUT2D eigenvalue weighted by atomic mass is 16.2. The second kappa shape index (κ2) is 21.1. The van der Waals surface area contributed by atoms with Crippen molar-refractivity contribution < 1.29 is 9.59 Å². The molecule has 0 aromatic heterocycles. The van der Waals surface area contributed by atoms with Crippen LogP contribution in [0.3, 0.4) is 0 Å². The molecule has 2 atom stereocenters. The number of fused-ring (bicyclic) bond motifs is 1. The molecule has 2 unspecified atom stereocenters. The molecule has 7 N–H and O–H groups in total. The number of amides is 1. The SMILES string of the molecule is C=C(NCCNC)NC(N)=NCCCC(NC(=C)C(c1ccccc1)N1Cc2ccccc2C1)C(=O)NCc1ccc(C)cc1.CCC=O. The smallest absolute Gasteiger partial charge is 0.242 e. The summed E-state index contributed by atoms with van der Waals surface area (Å²) in [7, 11) is 1.89. The highest BCUT2D eigenvalue weighted by Gasteiger charge is 2.30. The first-order chi connectivity index (χ1) is 23.7. The van der Waals surface area contributed by atoms with Crippen LogP contribution in [0.2, 0.25) is 0 Å². The number of likely N-dealkylation sites (N-methyl/N-ethyl adjacent to an activating group) is 1. The van der Waals surface area contributed by atoms with Gasteiger partial charge in [-0.1, -0.05) is 105 Å². The third-order valence-electron chi connectivity index (χ3n) is 8.03. The molecule has 1 aliphatic heterocycles. The van der Waals surface area contributed by atoms with Gasteiger partial charge in [-0.15, -0.1) is 0 Å². The summed E-state index contributed by atoms with van der Waals surface area (Å²) in [5.41, 5.74) is 12.9. The number of aldehydes is 1. The van der Waals surface area contributed by atoms with Crippen molar-refractivity contribution in [3.8, 4) is 0 Å². The molecule has 1 aliphatic rings. The van der Waals surface area contributed by atoms with Crippen molar-refractivity contribution >= 4 is 18.2 Å². The van der Waals surface area contributed by atoms with Crippen LogP contribution < -0.4 is 32.3 Å². The van der Waals surface area contributed by atoms with Gasteiger partial charge in [0.1, 0.15) is 12.3 Å². The van der Waals surface area contributed by atoms with E-state index >= 15 is 0 Å². The lowest BCUT2D eigenvalue weighted by Crippen LogP contribution is -2.45. The molecule has 0 radical (unpaired) electrons. The molecule has 3 aromatic carbocycles. The Balaban J connectivity index is 0.00000154. The molecule has 0 fully saturated rings. The summed E-state index contributed by atoms with van der Waals surface area (Å²) < 4.78 is 0. The molecule has 0 spiro atoms. The van der Waals surface area contributed by atoms with E-state index in [-0.39, 0.29) is 17.9 Å². The van der Waals surface area contributed by atoms with Crippen LogP contribution in [0.1, 0.15) is 60.0 Å². The summed E-state index contributed by atoms with van der Waals surface area (Å²) in [6.07, 6.45) is 2.72. The number of nitrogens with zero attached hydrogens (tertiary/aromatic N) is 2. The van der Waals surface area contributed by atoms with Gasteiger partial charge < -0.3 is 37.1 Å². The number of aliphatic imine (C=N–C) groups is 1. The Labute approximate surface area is 292 Å². The van der Waals surface area contributed by atoms with Crippen LogP contribution in [-0.2, 0) is 29.2 Å². The number of carbonyl (C=O) groups excluding carboxylic acids is 2. The Morgan fingerprint density at radius 3 is 2.20 bits per heavy atom. The summed E-state index contributed by atoms with van der Waals surface area (Å²) in [5, 5.41) is 15.9. The number of guanidine groups is 1. The van der Waals surface area contributed by atoms with E-state index < -0.39 is 6.04 Å². The van der Waals surface area contributed by atoms with E-state index in [0.29, 0.717) is 38.2 Å². The summed E-state index contributed by atoms with van der Waals surface area (Å²) in [5.74, 6) is 0.798. The summed E-state index contributed by atoms with van der Waals surface area (Å²) >= 11 is 0. The topological polar surface area (TPSA) is 136 Å². The molecule has 1 amide bonds. The molecule has 10 nitrogen and oxygen atoms in total. The minimum Gasteiger partial charge on any atom is -0.376 e. The van der Waals surface area contributed by atoms with E-state index in [1.807, 2.05) is 44.3 Å². The number of rotatable bonds is 18. The second-order valence-electron chi connectivity index (χ2n) is 12.0. The average Bonchev–Trinajstić information content (AvgIpc) is 3.53. The standard InChI is InChI=1S/C36H48N8O.C3H6O/c1-26-16-18-29(19-17-26)23-41-35(45)33(15-10-20-40-36(37)43-28(3)39-22-21-38-4)42-27(2)34(30-11-6-5-7-12-30)44-24-31-13-8-9-14-32(31)25-44;1-2-3-4/h5-9,11-14,16-19,33-34,38-39,42H,2-3,10,15,20-25H2,1,4H3,(H,41,45)(H3,37,40,43);3H,2H2,1H3. The van der Waals surface area contributed by atoms with Gasteiger partial charge in [-0.05, 0) is 49.1 Å². The van der Waals surface area contributed by atoms with E-state index in [0.717, 1.165) is 49.3 Å². The molecule has 10 heteroatoms. The Morgan fingerprint density at radius 2 is 1.59 bits per heavy atom. The average molecular weight is 667 g/mol. The fraction of sp³-hybridized carbons (Fsp3) is 0.359. The van der Waals surface area contributed by atoms with Gasteiger partial charge in [-0.2, -0.15) is 0 Å². The maximum Gasteiger partial charge on any atom is 0.242 e. The third kappa shape index (κ3) is 13.2. The molecule has 4 rings (SSSR count). The van der Waals surface area contributed by atoms with Crippen LogP contribution in [0.25, 0.3) is 0 Å². The molecule has 0 bridgehead atoms. The van der Waals surface area contributed by atoms with Crippen molar-refractivity contribution in [3.05, 3.63) is 131 Å². The summed E-state index contributed by atoms with van der Waals surface area (Å²) in [4.78, 5) is 29.7. The van der Waals surface area contributed by atoms with E-state index in [4.69, 9.17) is 5.73 Å². The highest BCUT2D eigenvalue weighted by molar-refractivity contribution is 5.82. The molecular formula is C39H54N8O2. The predicted octanol–water partition coefficient (Wildman–Crippen LogP) is 4.40. The van der Waals surface area contributed by atoms with E-state index in [2.05, 4.69) is 105 Å². The Kier molecular flexibility index (Phi) is 16.6. The van der Waals surface area contributed by atoms with Crippen molar-refractivity contribution in [1.29, 1.82) is 0 Å². The van der Waals surface area contributed by atoms with E-state index in [1.165, 1.54) is 16.7 Å². The maximum atomic E-state index is 13.7. The zero-order valence-electron chi connectivity index (χ0n) is 29.3. The molecule has 1 heterocycles. The first-order valence-electron chi connectivity index (χ1n) is 17.0. The molecule has 3 aromatic rings. The van der Waals surface area contributed by atoms with E-state index in [9.17, 15) is 9.59 Å². The Hall–Kier alpha value is -4.93. The van der Waals surface area contributed by atoms with Gasteiger partial charge in [0.05, 0.1) is 11.9 Å². The van der Waals surface area contributed by atoms with Crippen molar-refractivity contribution in [2.24, 2.45) is 10.7 Å². The molecule has 49 heavy (non-hydrogen) atoms. The first kappa shape index (κ1) is 38.5. The monoisotopic (exact) mass is 666 g/mol. The van der Waals surface area contributed by atoms with Gasteiger partial charge in [0.15, 0.2) is 5.96 Å². The zero-order chi connectivity index (χ0) is 35.4. The number of aryl methyl sites for hydroxylation is 1. The molecule has 0 saturated heterocycles. The van der Waals surface area contributed by atoms with Crippen LogP contribution in [0.4, 0.5) is 0 Å². The zero-order valence-corrected chi connectivity index (χ0v) is 29.3. The normalized spacial score (nSPS) is 13.6. The van der Waals surface area contributed by atoms with Crippen LogP contribution >= 0.6 is 0 Å². The van der Waals surface area contributed by atoms with Crippen molar-refractivity contribution in [3.63, 3.8) is 0 Å². The van der Waals surface area contributed by atoms with Gasteiger partial charge in [0, 0.05) is 51.4 Å². The lowest BCUT2D eigenvalue weighted by Gasteiger charge is -2.32. The van der Waals surface area contributed by atoms with Gasteiger partial charge in [0.2, 0.25) is 5.91 Å². The van der Waals surface area contributed by atoms with Crippen molar-refractivity contribution in [2.75, 3.05) is 26.7 Å². The third-order valence-corrected chi connectivity index (χ3v) is 8.03. The maximum absolute atomic E-state index is 13.7. The van der Waals surface area contributed by atoms with Gasteiger partial charge >= 0.3 is 0 Å². The Morgan fingerprint density at radius 1 is 0.959 bits per heavy atom. The van der Waals surface area contributed by atoms with Crippen LogP contribution in [0.15, 0.2) is 109 Å². The van der Waals surface area contributed by atoms with Gasteiger partial charge in [-0.3, -0.25) is 14.7 Å². The molecule has 262 valence electrons. The van der Waals surface area contributed by atoms with Gasteiger partial charge in [0.25, 0.3) is 0 Å². The number of carbonyl (C=O) groups is 2. The van der Waals surface area contributed by atoms with Crippen molar-refractivity contribution in [2.45, 2.75) is 64.8 Å². The molecular weight excluding hydrogens is 612 g/mol. The summed E-state index contributed by atoms with van der Waals surface area (Å²) in [6, 6.07) is 26.5. The quantitative estimate of drug-likeness (QED) is 0.0509. The lowest BCUT2D eigenvalue weighted by molar-refractivity contribution is -0.123. The highest BCUT2D eigenvalue weighted by Crippen LogP contribution is 2.34. The van der Waals surface area contributed by atoms with E-state index in [1.54, 1.807) is 0 Å². The largest absolute Gasteiger partial charge is 0.376 e.